The van der Waals surface area contributed by atoms with Crippen LogP contribution in [0.5, 0.6) is 5.75 Å². The highest BCUT2D eigenvalue weighted by Gasteiger charge is 2.15. The second kappa shape index (κ2) is 13.0. The fraction of sp³-hybridized carbons (Fsp3) is 0.308. The lowest BCUT2D eigenvalue weighted by molar-refractivity contribution is 0.0924. The lowest BCUT2D eigenvalue weighted by Crippen LogP contribution is -2.30. The number of hydrogen-bond donors (Lipinski definition) is 2. The van der Waals surface area contributed by atoms with Crippen LogP contribution in [0.2, 0.25) is 5.02 Å². The summed E-state index contributed by atoms with van der Waals surface area (Å²) >= 11 is 6.22. The third-order valence-corrected chi connectivity index (χ3v) is 5.25. The minimum atomic E-state index is -0.756. The minimum Gasteiger partial charge on any atom is -0.487 e. The number of ether oxygens (including phenoxy) is 1. The molecule has 0 aliphatic heterocycles. The first-order chi connectivity index (χ1) is 16.7. The maximum atomic E-state index is 13.8. The topological polar surface area (TPSA) is 80.6 Å². The molecular weight excluding hydrogens is 478 g/mol. The van der Waals surface area contributed by atoms with E-state index in [2.05, 4.69) is 5.32 Å². The molecule has 1 aromatic heterocycles. The fourth-order valence-electron chi connectivity index (χ4n) is 3.15. The Morgan fingerprint density at radius 3 is 2.54 bits per heavy atom. The van der Waals surface area contributed by atoms with Gasteiger partial charge in [0.05, 0.1) is 12.6 Å². The number of aliphatic hydroxyl groups is 1. The smallest absolute Gasteiger partial charge is 0.273 e. The molecule has 2 N–H and O–H groups in total. The van der Waals surface area contributed by atoms with Crippen molar-refractivity contribution in [3.8, 4) is 5.75 Å². The van der Waals surface area contributed by atoms with Crippen LogP contribution in [-0.4, -0.2) is 28.2 Å². The molecule has 0 bridgehead atoms. The van der Waals surface area contributed by atoms with E-state index in [1.807, 2.05) is 13.8 Å². The minimum absolute atomic E-state index is 0.0883. The van der Waals surface area contributed by atoms with Gasteiger partial charge in [-0.25, -0.2) is 8.78 Å². The van der Waals surface area contributed by atoms with Gasteiger partial charge in [-0.05, 0) is 43.7 Å². The van der Waals surface area contributed by atoms with E-state index in [9.17, 15) is 23.5 Å². The molecule has 35 heavy (non-hydrogen) atoms. The number of pyridine rings is 1. The number of carbonyl (C=O) groups excluding carboxylic acids is 1. The molecule has 1 atom stereocenters. The molecule has 0 aliphatic rings. The Kier molecular flexibility index (Phi) is 10.4. The molecule has 0 saturated heterocycles. The molecule has 6 nitrogen and oxygen atoms in total. The maximum absolute atomic E-state index is 13.8. The first kappa shape index (κ1) is 28.0. The number of nitrogens with one attached hydrogen (secondary N) is 1. The number of carbonyl (C=O) groups is 1. The van der Waals surface area contributed by atoms with Crippen molar-refractivity contribution in [1.82, 2.24) is 9.88 Å². The van der Waals surface area contributed by atoms with Crippen molar-refractivity contribution in [3.63, 3.8) is 0 Å². The summed E-state index contributed by atoms with van der Waals surface area (Å²) in [5.74, 6) is -1.70. The van der Waals surface area contributed by atoms with Crippen LogP contribution in [0.15, 0.2) is 53.3 Å². The summed E-state index contributed by atoms with van der Waals surface area (Å²) in [6.45, 7) is 7.33. The Hall–Kier alpha value is -3.23. The largest absolute Gasteiger partial charge is 0.487 e. The normalized spacial score (nSPS) is 11.3. The van der Waals surface area contributed by atoms with Crippen LogP contribution in [0.3, 0.4) is 0 Å². The Balaban J connectivity index is 0.00000210. The predicted molar refractivity (Wildman–Crippen MR) is 132 cm³/mol. The zero-order valence-corrected chi connectivity index (χ0v) is 20.8. The number of aromatic nitrogens is 1. The van der Waals surface area contributed by atoms with Gasteiger partial charge in [0.2, 0.25) is 0 Å². The molecule has 2 aromatic carbocycles. The van der Waals surface area contributed by atoms with Gasteiger partial charge >= 0.3 is 0 Å². The molecule has 9 heteroatoms. The van der Waals surface area contributed by atoms with Gasteiger partial charge in [0.15, 0.2) is 0 Å². The van der Waals surface area contributed by atoms with E-state index in [1.54, 1.807) is 44.2 Å². The number of amides is 1. The van der Waals surface area contributed by atoms with Crippen molar-refractivity contribution in [2.24, 2.45) is 0 Å². The van der Waals surface area contributed by atoms with E-state index in [0.29, 0.717) is 16.8 Å². The molecule has 1 unspecified atom stereocenters. The van der Waals surface area contributed by atoms with E-state index in [4.69, 9.17) is 16.3 Å². The van der Waals surface area contributed by atoms with Crippen molar-refractivity contribution < 1.29 is 23.4 Å². The number of hydrogen-bond acceptors (Lipinski definition) is 4. The summed E-state index contributed by atoms with van der Waals surface area (Å²) in [6, 6.07) is 11.4. The van der Waals surface area contributed by atoms with Crippen LogP contribution < -0.4 is 15.6 Å². The standard InChI is InChI=1S/C24H23ClF2N2O4.C2H6/c1-14-8-21(33-13-18-6-7-19(26)10-20(18)27)22(25)24(32)29(14)12-16-4-3-5-17(9-16)23(31)28-11-15(2)30;1-2/h3-10,15,30H,11-13H2,1-2H3,(H,28,31);1-2H3. The molecule has 0 radical (unpaired) electrons. The van der Waals surface area contributed by atoms with Gasteiger partial charge < -0.3 is 19.7 Å². The van der Waals surface area contributed by atoms with Crippen molar-refractivity contribution in [1.29, 1.82) is 0 Å². The molecule has 0 saturated carbocycles. The highest BCUT2D eigenvalue weighted by molar-refractivity contribution is 6.31. The Morgan fingerprint density at radius 1 is 1.17 bits per heavy atom. The molecule has 188 valence electrons. The maximum Gasteiger partial charge on any atom is 0.273 e. The molecule has 3 rings (SSSR count). The third-order valence-electron chi connectivity index (χ3n) is 4.90. The SMILES string of the molecule is CC.Cc1cc(OCc2ccc(F)cc2F)c(Cl)c(=O)n1Cc1cccc(C(=O)NCC(C)O)c1. The predicted octanol–water partition coefficient (Wildman–Crippen LogP) is 4.85. The summed E-state index contributed by atoms with van der Waals surface area (Å²) in [6.07, 6.45) is -0.666. The number of rotatable bonds is 8. The van der Waals surface area contributed by atoms with E-state index < -0.39 is 23.3 Å². The van der Waals surface area contributed by atoms with Gasteiger partial charge in [-0.3, -0.25) is 9.59 Å². The lowest BCUT2D eigenvalue weighted by Gasteiger charge is -2.15. The summed E-state index contributed by atoms with van der Waals surface area (Å²) in [5, 5.41) is 11.8. The molecule has 0 aliphatic carbocycles. The van der Waals surface area contributed by atoms with Crippen molar-refractivity contribution in [2.75, 3.05) is 6.54 Å². The average Bonchev–Trinajstić information content (AvgIpc) is 2.84. The molecule has 0 spiro atoms. The number of aryl methyl sites for hydroxylation is 1. The van der Waals surface area contributed by atoms with E-state index >= 15 is 0 Å². The first-order valence-corrected chi connectivity index (χ1v) is 11.6. The van der Waals surface area contributed by atoms with E-state index in [-0.39, 0.29) is 41.9 Å². The molecule has 3 aromatic rings. The van der Waals surface area contributed by atoms with Crippen molar-refractivity contribution in [3.05, 3.63) is 97.9 Å². The second-order valence-electron chi connectivity index (χ2n) is 7.64. The Morgan fingerprint density at radius 2 is 1.89 bits per heavy atom. The number of halogens is 3. The van der Waals surface area contributed by atoms with Crippen LogP contribution in [0.1, 0.15) is 48.0 Å². The van der Waals surface area contributed by atoms with Crippen molar-refractivity contribution >= 4 is 17.5 Å². The highest BCUT2D eigenvalue weighted by Crippen LogP contribution is 2.24. The first-order valence-electron chi connectivity index (χ1n) is 11.2. The molecule has 1 amide bonds. The van der Waals surface area contributed by atoms with Crippen molar-refractivity contribution in [2.45, 2.75) is 47.0 Å². The van der Waals surface area contributed by atoms with Gasteiger partial charge in [-0.15, -0.1) is 0 Å². The quantitative estimate of drug-likeness (QED) is 0.457. The van der Waals surface area contributed by atoms with Crippen LogP contribution in [0.25, 0.3) is 0 Å². The highest BCUT2D eigenvalue weighted by atomic mass is 35.5. The molecule has 1 heterocycles. The Bertz CT molecular complexity index is 1230. The average molecular weight is 507 g/mol. The van der Waals surface area contributed by atoms with Crippen LogP contribution in [0, 0.1) is 18.6 Å². The van der Waals surface area contributed by atoms with Crippen LogP contribution in [0.4, 0.5) is 8.78 Å². The summed E-state index contributed by atoms with van der Waals surface area (Å²) in [7, 11) is 0. The lowest BCUT2D eigenvalue weighted by atomic mass is 10.1. The summed E-state index contributed by atoms with van der Waals surface area (Å²) in [5.41, 5.74) is 1.26. The second-order valence-corrected chi connectivity index (χ2v) is 8.02. The van der Waals surface area contributed by atoms with Crippen LogP contribution >= 0.6 is 11.6 Å². The van der Waals surface area contributed by atoms with E-state index in [0.717, 1.165) is 12.1 Å². The summed E-state index contributed by atoms with van der Waals surface area (Å²) < 4.78 is 33.9. The monoisotopic (exact) mass is 506 g/mol. The zero-order valence-electron chi connectivity index (χ0n) is 20.1. The van der Waals surface area contributed by atoms with Gasteiger partial charge in [0.1, 0.15) is 29.0 Å². The van der Waals surface area contributed by atoms with E-state index in [1.165, 1.54) is 10.6 Å². The molecular formula is C26H29ClF2N2O4. The zero-order chi connectivity index (χ0) is 26.1. The van der Waals surface area contributed by atoms with Gasteiger partial charge in [0.25, 0.3) is 11.5 Å². The third kappa shape index (κ3) is 7.63. The van der Waals surface area contributed by atoms with Gasteiger partial charge in [-0.2, -0.15) is 0 Å². The fourth-order valence-corrected chi connectivity index (χ4v) is 3.36. The number of aliphatic hydroxyl groups excluding tert-OH is 1. The summed E-state index contributed by atoms with van der Waals surface area (Å²) in [4.78, 5) is 25.1. The molecule has 0 fully saturated rings. The van der Waals surface area contributed by atoms with Gasteiger partial charge in [0, 0.05) is 35.5 Å². The van der Waals surface area contributed by atoms with Gasteiger partial charge in [-0.1, -0.05) is 37.6 Å². The number of nitrogens with zero attached hydrogens (tertiary/aromatic N) is 1. The van der Waals surface area contributed by atoms with Crippen LogP contribution in [-0.2, 0) is 13.2 Å². The Labute approximate surface area is 208 Å². The number of benzene rings is 2.